The number of nitrogens with one attached hydrogen (secondary N) is 2. The van der Waals surface area contributed by atoms with Gasteiger partial charge in [-0.3, -0.25) is 0 Å². The van der Waals surface area contributed by atoms with Crippen molar-refractivity contribution in [2.24, 2.45) is 5.92 Å². The summed E-state index contributed by atoms with van der Waals surface area (Å²) in [5.74, 6) is 1.10. The van der Waals surface area contributed by atoms with E-state index >= 15 is 0 Å². The maximum absolute atomic E-state index is 3.84. The molecule has 1 saturated heterocycles. The van der Waals surface area contributed by atoms with Crippen molar-refractivity contribution in [3.05, 3.63) is 0 Å². The Morgan fingerprint density at radius 1 is 1.33 bits per heavy atom. The summed E-state index contributed by atoms with van der Waals surface area (Å²) in [6.07, 6.45) is 5.73. The summed E-state index contributed by atoms with van der Waals surface area (Å²) in [4.78, 5) is 0. The molecule has 0 radical (unpaired) electrons. The Morgan fingerprint density at radius 2 is 2.08 bits per heavy atom. The third-order valence-corrected chi connectivity index (χ3v) is 4.06. The number of hydrogen-bond donors (Lipinski definition) is 2. The minimum absolute atomic E-state index is 0.621. The first-order valence-corrected chi connectivity index (χ1v) is 5.29. The molecule has 2 N–H and O–H groups in total. The summed E-state index contributed by atoms with van der Waals surface area (Å²) in [6.45, 7) is 3.51. The van der Waals surface area contributed by atoms with E-state index in [4.69, 9.17) is 0 Å². The highest BCUT2D eigenvalue weighted by molar-refractivity contribution is 5.15. The third-order valence-electron chi connectivity index (χ3n) is 4.06. The van der Waals surface area contributed by atoms with E-state index in [1.54, 1.807) is 0 Å². The molecule has 3 aliphatic carbocycles. The molecule has 4 aliphatic rings. The molecule has 4 rings (SSSR count). The monoisotopic (exact) mass is 166 g/mol. The summed E-state index contributed by atoms with van der Waals surface area (Å²) < 4.78 is 0. The molecule has 12 heavy (non-hydrogen) atoms. The van der Waals surface area contributed by atoms with Gasteiger partial charge >= 0.3 is 0 Å². The van der Waals surface area contributed by atoms with Crippen LogP contribution in [-0.2, 0) is 0 Å². The first-order valence-electron chi connectivity index (χ1n) is 5.29. The lowest BCUT2D eigenvalue weighted by atomic mass is 9.49. The predicted octanol–water partition coefficient (Wildman–Crippen LogP) is 0.879. The van der Waals surface area contributed by atoms with Crippen LogP contribution in [0.25, 0.3) is 0 Å². The summed E-state index contributed by atoms with van der Waals surface area (Å²) >= 11 is 0. The molecule has 68 valence electrons. The quantitative estimate of drug-likeness (QED) is 0.636. The second-order valence-corrected chi connectivity index (χ2v) is 5.04. The first kappa shape index (κ1) is 7.34. The van der Waals surface area contributed by atoms with Gasteiger partial charge in [-0.1, -0.05) is 0 Å². The lowest BCUT2D eigenvalue weighted by Gasteiger charge is -2.63. The topological polar surface area (TPSA) is 24.1 Å². The van der Waals surface area contributed by atoms with Gasteiger partial charge < -0.3 is 10.6 Å². The maximum atomic E-state index is 3.84. The van der Waals surface area contributed by atoms with Crippen LogP contribution in [0.2, 0.25) is 0 Å². The van der Waals surface area contributed by atoms with Gasteiger partial charge in [0.1, 0.15) is 0 Å². The molecule has 0 spiro atoms. The standard InChI is InChI=1S/C10H18N2/c1-7-9(2-3-11-7)12-10-4-8(5-10)6-10/h7-9,11-12H,2-6H2,1H3/t7-,8?,9?,10?/m0/s1. The van der Waals surface area contributed by atoms with Crippen LogP contribution in [0.4, 0.5) is 0 Å². The molecule has 2 atom stereocenters. The van der Waals surface area contributed by atoms with Crippen LogP contribution in [0.1, 0.15) is 32.6 Å². The Labute approximate surface area is 74.1 Å². The number of rotatable bonds is 2. The fourth-order valence-electron chi connectivity index (χ4n) is 3.10. The van der Waals surface area contributed by atoms with Gasteiger partial charge in [-0.2, -0.15) is 0 Å². The predicted molar refractivity (Wildman–Crippen MR) is 49.1 cm³/mol. The normalized spacial score (nSPS) is 56.2. The molecule has 4 fully saturated rings. The van der Waals surface area contributed by atoms with Gasteiger partial charge in [-0.15, -0.1) is 0 Å². The molecule has 0 amide bonds. The Balaban J connectivity index is 1.60. The van der Waals surface area contributed by atoms with E-state index in [-0.39, 0.29) is 0 Å². The second-order valence-electron chi connectivity index (χ2n) is 5.04. The van der Waals surface area contributed by atoms with Crippen LogP contribution in [0.3, 0.4) is 0 Å². The molecule has 0 aromatic carbocycles. The van der Waals surface area contributed by atoms with E-state index in [2.05, 4.69) is 17.6 Å². The van der Waals surface area contributed by atoms with Crippen molar-refractivity contribution in [3.63, 3.8) is 0 Å². The van der Waals surface area contributed by atoms with Crippen molar-refractivity contribution < 1.29 is 0 Å². The Kier molecular flexibility index (Phi) is 1.37. The Morgan fingerprint density at radius 3 is 2.50 bits per heavy atom. The molecular formula is C10H18N2. The van der Waals surface area contributed by atoms with Crippen LogP contribution in [0.5, 0.6) is 0 Å². The molecule has 0 aromatic rings. The average Bonchev–Trinajstić information content (AvgIpc) is 2.24. The SMILES string of the molecule is C[C@@H]1NCCC1NC12CC(C1)C2. The lowest BCUT2D eigenvalue weighted by Crippen LogP contribution is -2.69. The van der Waals surface area contributed by atoms with E-state index in [1.807, 2.05) is 0 Å². The molecular weight excluding hydrogens is 148 g/mol. The van der Waals surface area contributed by atoms with Crippen molar-refractivity contribution in [1.82, 2.24) is 10.6 Å². The van der Waals surface area contributed by atoms with Crippen LogP contribution in [0, 0.1) is 5.92 Å². The first-order chi connectivity index (χ1) is 5.77. The van der Waals surface area contributed by atoms with E-state index in [9.17, 15) is 0 Å². The molecule has 2 nitrogen and oxygen atoms in total. The molecule has 0 aromatic heterocycles. The summed E-state index contributed by atoms with van der Waals surface area (Å²) in [5.41, 5.74) is 0.621. The van der Waals surface area contributed by atoms with Crippen LogP contribution in [-0.4, -0.2) is 24.2 Å². The fraction of sp³-hybridized carbons (Fsp3) is 1.00. The fourth-order valence-corrected chi connectivity index (χ4v) is 3.10. The molecule has 1 unspecified atom stereocenters. The Bertz CT molecular complexity index is 185. The molecule has 2 bridgehead atoms. The van der Waals surface area contributed by atoms with Gasteiger partial charge in [0, 0.05) is 17.6 Å². The molecule has 1 aliphatic heterocycles. The van der Waals surface area contributed by atoms with Crippen molar-refractivity contribution in [2.45, 2.75) is 50.2 Å². The maximum Gasteiger partial charge on any atom is 0.0235 e. The number of hydrogen-bond acceptors (Lipinski definition) is 2. The van der Waals surface area contributed by atoms with Crippen molar-refractivity contribution in [1.29, 1.82) is 0 Å². The summed E-state index contributed by atoms with van der Waals surface area (Å²) in [6, 6.07) is 1.45. The van der Waals surface area contributed by atoms with E-state index < -0.39 is 0 Å². The zero-order valence-electron chi connectivity index (χ0n) is 7.77. The highest BCUT2D eigenvalue weighted by atomic mass is 15.1. The molecule has 2 heteroatoms. The molecule has 3 saturated carbocycles. The highest BCUT2D eigenvalue weighted by Gasteiger charge is 2.57. The average molecular weight is 166 g/mol. The lowest BCUT2D eigenvalue weighted by molar-refractivity contribution is -0.0593. The van der Waals surface area contributed by atoms with Crippen LogP contribution < -0.4 is 10.6 Å². The summed E-state index contributed by atoms with van der Waals surface area (Å²) in [7, 11) is 0. The van der Waals surface area contributed by atoms with Crippen LogP contribution in [0.15, 0.2) is 0 Å². The zero-order chi connectivity index (χ0) is 8.18. The van der Waals surface area contributed by atoms with Gasteiger partial charge in [0.25, 0.3) is 0 Å². The van der Waals surface area contributed by atoms with Crippen LogP contribution >= 0.6 is 0 Å². The van der Waals surface area contributed by atoms with Gasteiger partial charge in [0.05, 0.1) is 0 Å². The third kappa shape index (κ3) is 0.882. The van der Waals surface area contributed by atoms with Crippen molar-refractivity contribution in [3.8, 4) is 0 Å². The molecule has 1 heterocycles. The van der Waals surface area contributed by atoms with Gasteiger partial charge in [0.2, 0.25) is 0 Å². The van der Waals surface area contributed by atoms with Gasteiger partial charge in [-0.05, 0) is 45.1 Å². The minimum Gasteiger partial charge on any atom is -0.313 e. The van der Waals surface area contributed by atoms with Gasteiger partial charge in [0.15, 0.2) is 0 Å². The van der Waals surface area contributed by atoms with E-state index in [0.717, 1.165) is 12.0 Å². The second kappa shape index (κ2) is 2.24. The largest absolute Gasteiger partial charge is 0.313 e. The van der Waals surface area contributed by atoms with E-state index in [1.165, 1.54) is 32.2 Å². The smallest absolute Gasteiger partial charge is 0.0235 e. The van der Waals surface area contributed by atoms with Crippen molar-refractivity contribution in [2.75, 3.05) is 6.54 Å². The minimum atomic E-state index is 0.621. The Hall–Kier alpha value is -0.0800. The van der Waals surface area contributed by atoms with E-state index in [0.29, 0.717) is 11.6 Å². The zero-order valence-corrected chi connectivity index (χ0v) is 7.77. The highest BCUT2D eigenvalue weighted by Crippen LogP contribution is 2.57. The van der Waals surface area contributed by atoms with Crippen molar-refractivity contribution >= 4 is 0 Å². The van der Waals surface area contributed by atoms with Gasteiger partial charge in [-0.25, -0.2) is 0 Å². The summed E-state index contributed by atoms with van der Waals surface area (Å²) in [5, 5.41) is 7.34.